The Hall–Kier alpha value is -0.620. The lowest BCUT2D eigenvalue weighted by Crippen LogP contribution is -2.13. The predicted molar refractivity (Wildman–Crippen MR) is 84.8 cm³/mol. The molecule has 0 rings (SSSR count). The van der Waals surface area contributed by atoms with Crippen LogP contribution in [0.4, 0.5) is 0 Å². The van der Waals surface area contributed by atoms with Gasteiger partial charge < -0.3 is 21.3 Å². The minimum atomic E-state index is -0.500. The molecule has 0 aliphatic carbocycles. The van der Waals surface area contributed by atoms with Crippen LogP contribution in [0.5, 0.6) is 0 Å². The quantitative estimate of drug-likeness (QED) is 0.447. The Bertz CT molecular complexity index is 210. The van der Waals surface area contributed by atoms with Gasteiger partial charge in [-0.1, -0.05) is 51.9 Å². The first-order valence-electron chi connectivity index (χ1n) is 6.41. The summed E-state index contributed by atoms with van der Waals surface area (Å²) in [4.78, 5) is 0. The summed E-state index contributed by atoms with van der Waals surface area (Å²) in [5.74, 6) is 0. The molecule has 18 heavy (non-hydrogen) atoms. The van der Waals surface area contributed by atoms with Crippen molar-refractivity contribution in [1.29, 1.82) is 0 Å². The maximum atomic E-state index is 7.56. The summed E-state index contributed by atoms with van der Waals surface area (Å²) < 4.78 is 5.00. The van der Waals surface area contributed by atoms with Gasteiger partial charge in [0.05, 0.1) is 6.61 Å². The summed E-state index contributed by atoms with van der Waals surface area (Å²) in [5.41, 5.74) is 9.60. The lowest BCUT2D eigenvalue weighted by atomic mass is 10.1. The number of nitrogens with two attached hydrogens (primary N) is 2. The molecule has 0 saturated heterocycles. The molecule has 0 aromatic heterocycles. The summed E-state index contributed by atoms with van der Waals surface area (Å²) in [6.45, 7) is 2.93. The second-order valence-electron chi connectivity index (χ2n) is 3.98. The van der Waals surface area contributed by atoms with Gasteiger partial charge in [-0.2, -0.15) is 0 Å². The van der Waals surface area contributed by atoms with E-state index < -0.39 is 5.17 Å². The van der Waals surface area contributed by atoms with E-state index >= 15 is 0 Å². The van der Waals surface area contributed by atoms with Crippen LogP contribution in [0.1, 0.15) is 58.3 Å². The van der Waals surface area contributed by atoms with Crippen LogP contribution in [0.25, 0.3) is 0 Å². The maximum Gasteiger partial charge on any atom is 0.253 e. The van der Waals surface area contributed by atoms with Gasteiger partial charge >= 0.3 is 0 Å². The third-order valence-corrected chi connectivity index (χ3v) is 2.36. The lowest BCUT2D eigenvalue weighted by molar-refractivity contribution is 0.295. The highest BCUT2D eigenvalue weighted by molar-refractivity contribution is 7.80. The van der Waals surface area contributed by atoms with Gasteiger partial charge in [0.25, 0.3) is 10.3 Å². The number of aliphatic hydroxyl groups excluding tert-OH is 1. The highest BCUT2D eigenvalue weighted by Gasteiger charge is 1.92. The molecule has 0 unspecified atom stereocenters. The number of rotatable bonds is 9. The van der Waals surface area contributed by atoms with Gasteiger partial charge in [-0.05, 0) is 30.9 Å². The zero-order valence-electron chi connectivity index (χ0n) is 11.2. The van der Waals surface area contributed by atoms with Crippen LogP contribution >= 0.6 is 24.4 Å². The first-order chi connectivity index (χ1) is 8.50. The third kappa shape index (κ3) is 29.5. The average molecular weight is 294 g/mol. The third-order valence-electron chi connectivity index (χ3n) is 2.24. The first-order valence-corrected chi connectivity index (χ1v) is 7.23. The molecule has 5 N–H and O–H groups in total. The summed E-state index contributed by atoms with van der Waals surface area (Å²) in [6.07, 6.45) is 10.4. The van der Waals surface area contributed by atoms with E-state index in [-0.39, 0.29) is 5.17 Å². The second-order valence-corrected chi connectivity index (χ2v) is 4.80. The van der Waals surface area contributed by atoms with Crippen molar-refractivity contribution in [1.82, 2.24) is 0 Å². The summed E-state index contributed by atoms with van der Waals surface area (Å²) in [7, 11) is 0. The maximum absolute atomic E-state index is 7.56. The molecule has 0 aromatic carbocycles. The van der Waals surface area contributed by atoms with Gasteiger partial charge in [-0.15, -0.1) is 0 Å². The molecular formula is C12H26N2O2S2. The molecule has 0 spiro atoms. The smallest absolute Gasteiger partial charge is 0.253 e. The van der Waals surface area contributed by atoms with Crippen molar-refractivity contribution in [2.75, 3.05) is 6.61 Å². The van der Waals surface area contributed by atoms with Crippen LogP contribution in [-0.2, 0) is 4.74 Å². The monoisotopic (exact) mass is 294 g/mol. The summed E-state index contributed by atoms with van der Waals surface area (Å²) >= 11 is 8.47. The zero-order chi connectivity index (χ0) is 14.2. The second kappa shape index (κ2) is 16.4. The van der Waals surface area contributed by atoms with Gasteiger partial charge in [-0.25, -0.2) is 0 Å². The lowest BCUT2D eigenvalue weighted by Gasteiger charge is -2.03. The molecule has 0 radical (unpaired) electrons. The average Bonchev–Trinajstić information content (AvgIpc) is 2.26. The van der Waals surface area contributed by atoms with E-state index in [0.29, 0.717) is 6.61 Å². The standard InChI is InChI=1S/C11H23NOS.CH3NOS/c1-2-3-4-5-6-7-8-9-10-13-11(12)14;2-1(3)4/h2-10H2,1H3,(H2,12,14);(H3,2,3,4). The molecule has 0 aliphatic heterocycles. The van der Waals surface area contributed by atoms with E-state index in [2.05, 4.69) is 37.1 Å². The van der Waals surface area contributed by atoms with E-state index in [4.69, 9.17) is 15.6 Å². The van der Waals surface area contributed by atoms with E-state index in [1.807, 2.05) is 0 Å². The minimum absolute atomic E-state index is 0.174. The first kappa shape index (κ1) is 19.7. The highest BCUT2D eigenvalue weighted by Crippen LogP contribution is 2.08. The number of hydrogen-bond acceptors (Lipinski definition) is 3. The molecule has 0 fully saturated rings. The van der Waals surface area contributed by atoms with Crippen LogP contribution in [-0.4, -0.2) is 22.1 Å². The van der Waals surface area contributed by atoms with Crippen molar-refractivity contribution in [2.24, 2.45) is 11.5 Å². The summed E-state index contributed by atoms with van der Waals surface area (Å²) in [5, 5.41) is 7.24. The van der Waals surface area contributed by atoms with Gasteiger partial charge in [0, 0.05) is 0 Å². The van der Waals surface area contributed by atoms with Crippen LogP contribution in [0.2, 0.25) is 0 Å². The van der Waals surface area contributed by atoms with Crippen molar-refractivity contribution in [3.8, 4) is 0 Å². The van der Waals surface area contributed by atoms with E-state index in [0.717, 1.165) is 6.42 Å². The number of thiocarbonyl (C=S) groups is 2. The van der Waals surface area contributed by atoms with E-state index in [9.17, 15) is 0 Å². The Balaban J connectivity index is 0. The van der Waals surface area contributed by atoms with Gasteiger partial charge in [-0.3, -0.25) is 0 Å². The topological polar surface area (TPSA) is 81.5 Å². The number of hydrogen-bond donors (Lipinski definition) is 3. The number of aliphatic hydroxyl groups is 1. The molecule has 108 valence electrons. The largest absolute Gasteiger partial charge is 0.487 e. The molecule has 0 atom stereocenters. The van der Waals surface area contributed by atoms with Crippen LogP contribution < -0.4 is 11.5 Å². The van der Waals surface area contributed by atoms with Crippen molar-refractivity contribution in [3.05, 3.63) is 0 Å². The Morgan fingerprint density at radius 1 is 0.944 bits per heavy atom. The van der Waals surface area contributed by atoms with Crippen LogP contribution in [0, 0.1) is 0 Å². The van der Waals surface area contributed by atoms with Crippen molar-refractivity contribution < 1.29 is 9.84 Å². The van der Waals surface area contributed by atoms with E-state index in [1.54, 1.807) is 0 Å². The molecule has 0 heterocycles. The van der Waals surface area contributed by atoms with Gasteiger partial charge in [0.1, 0.15) is 0 Å². The normalized spacial score (nSPS) is 9.17. The Morgan fingerprint density at radius 3 is 1.72 bits per heavy atom. The fourth-order valence-corrected chi connectivity index (χ4v) is 1.49. The van der Waals surface area contributed by atoms with Crippen molar-refractivity contribution in [2.45, 2.75) is 58.3 Å². The predicted octanol–water partition coefficient (Wildman–Crippen LogP) is 3.18. The highest BCUT2D eigenvalue weighted by atomic mass is 32.1. The minimum Gasteiger partial charge on any atom is -0.487 e. The Morgan fingerprint density at radius 2 is 1.33 bits per heavy atom. The van der Waals surface area contributed by atoms with Crippen molar-refractivity contribution >= 4 is 34.8 Å². The number of ether oxygens (including phenoxy) is 1. The SMILES string of the molecule is CCCCCCCCCCOC(N)=S.NC(O)=S. The molecule has 0 aromatic rings. The van der Waals surface area contributed by atoms with Gasteiger partial charge in [0.15, 0.2) is 0 Å². The molecular weight excluding hydrogens is 268 g/mol. The molecule has 4 nitrogen and oxygen atoms in total. The summed E-state index contributed by atoms with van der Waals surface area (Å²) in [6, 6.07) is 0. The fourth-order valence-electron chi connectivity index (χ4n) is 1.41. The van der Waals surface area contributed by atoms with Crippen molar-refractivity contribution in [3.63, 3.8) is 0 Å². The fraction of sp³-hybridized carbons (Fsp3) is 0.833. The Kier molecular flexibility index (Phi) is 17.9. The Labute approximate surface area is 121 Å². The van der Waals surface area contributed by atoms with E-state index in [1.165, 1.54) is 44.9 Å². The van der Waals surface area contributed by atoms with Gasteiger partial charge in [0.2, 0.25) is 0 Å². The van der Waals surface area contributed by atoms with Crippen LogP contribution in [0.3, 0.4) is 0 Å². The molecule has 0 saturated carbocycles. The molecule has 6 heteroatoms. The number of unbranched alkanes of at least 4 members (excludes halogenated alkanes) is 7. The molecule has 0 amide bonds. The van der Waals surface area contributed by atoms with Crippen LogP contribution in [0.15, 0.2) is 0 Å². The molecule has 0 bridgehead atoms. The zero-order valence-corrected chi connectivity index (χ0v) is 12.8. The molecule has 0 aliphatic rings.